The number of carbonyl (C=O) groups is 1. The van der Waals surface area contributed by atoms with Gasteiger partial charge in [-0.15, -0.1) is 11.6 Å². The fraction of sp³-hybridized carbons (Fsp3) is 0.562. The first-order valence-corrected chi connectivity index (χ1v) is 12.2. The number of alkyl halides is 1. The molecular weight excluding hydrogens is 366 g/mol. The first kappa shape index (κ1) is 21.2. The van der Waals surface area contributed by atoms with Gasteiger partial charge in [-0.1, -0.05) is 19.6 Å². The minimum absolute atomic E-state index is 0.151. The van der Waals surface area contributed by atoms with Gasteiger partial charge in [0.2, 0.25) is 0 Å². The number of ether oxygens (including phenoxy) is 3. The lowest BCUT2D eigenvalue weighted by molar-refractivity contribution is -0.385. The van der Waals surface area contributed by atoms with E-state index in [4.69, 9.17) is 25.8 Å². The molecule has 0 radical (unpaired) electrons. The Morgan fingerprint density at radius 3 is 2.44 bits per heavy atom. The summed E-state index contributed by atoms with van der Waals surface area (Å²) < 4.78 is 15.9. The molecule has 25 heavy (non-hydrogen) atoms. The molecule has 9 heteroatoms. The Bertz CT molecular complexity index is 617. The Balaban J connectivity index is 3.06. The van der Waals surface area contributed by atoms with Crippen LogP contribution >= 0.6 is 11.6 Å². The van der Waals surface area contributed by atoms with Gasteiger partial charge in [-0.05, 0) is 12.5 Å². The third-order valence-corrected chi connectivity index (χ3v) is 5.29. The summed E-state index contributed by atoms with van der Waals surface area (Å²) in [6.45, 7) is 7.00. The molecule has 0 bridgehead atoms. The predicted molar refractivity (Wildman–Crippen MR) is 98.9 cm³/mol. The first-order valence-electron chi connectivity index (χ1n) is 7.92. The number of methoxy groups -OCH3 is 1. The van der Waals surface area contributed by atoms with Gasteiger partial charge in [-0.25, -0.2) is 4.79 Å². The molecule has 140 valence electrons. The zero-order chi connectivity index (χ0) is 19.0. The lowest BCUT2D eigenvalue weighted by Crippen LogP contribution is -2.23. The molecule has 0 N–H and O–H groups in total. The van der Waals surface area contributed by atoms with Crippen LogP contribution in [0.1, 0.15) is 16.8 Å². The number of halogens is 1. The van der Waals surface area contributed by atoms with Gasteiger partial charge in [0.15, 0.2) is 11.5 Å². The number of nitrogens with zero attached hydrogens (tertiary/aromatic N) is 1. The van der Waals surface area contributed by atoms with Gasteiger partial charge < -0.3 is 14.2 Å². The van der Waals surface area contributed by atoms with E-state index in [9.17, 15) is 14.9 Å². The van der Waals surface area contributed by atoms with Gasteiger partial charge >= 0.3 is 5.97 Å². The van der Waals surface area contributed by atoms with Crippen LogP contribution in [0.5, 0.6) is 11.5 Å². The minimum atomic E-state index is -1.38. The van der Waals surface area contributed by atoms with E-state index in [1.54, 1.807) is 0 Å². The summed E-state index contributed by atoms with van der Waals surface area (Å²) in [6.07, 6.45) is 0.595. The molecule has 0 atom stereocenters. The second-order valence-electron chi connectivity index (χ2n) is 6.61. The van der Waals surface area contributed by atoms with E-state index in [2.05, 4.69) is 19.6 Å². The van der Waals surface area contributed by atoms with Crippen LogP contribution in [-0.4, -0.2) is 45.2 Å². The number of nitro groups is 1. The van der Waals surface area contributed by atoms with Gasteiger partial charge in [0.25, 0.3) is 5.69 Å². The monoisotopic (exact) mass is 389 g/mol. The van der Waals surface area contributed by atoms with Crippen molar-refractivity contribution >= 4 is 31.3 Å². The molecule has 1 rings (SSSR count). The zero-order valence-electron chi connectivity index (χ0n) is 15.0. The highest BCUT2D eigenvalue weighted by molar-refractivity contribution is 6.76. The molecule has 1 aromatic rings. The Morgan fingerprint density at radius 1 is 1.24 bits per heavy atom. The summed E-state index contributed by atoms with van der Waals surface area (Å²) in [4.78, 5) is 23.0. The fourth-order valence-corrected chi connectivity index (χ4v) is 2.72. The second-order valence-corrected chi connectivity index (χ2v) is 12.6. The second kappa shape index (κ2) is 9.62. The molecule has 0 amide bonds. The van der Waals surface area contributed by atoms with Crippen molar-refractivity contribution in [3.05, 3.63) is 27.8 Å². The van der Waals surface area contributed by atoms with Crippen LogP contribution in [0.3, 0.4) is 0 Å². The molecule has 0 heterocycles. The number of nitro benzene ring substituents is 1. The number of carbonyl (C=O) groups excluding carboxylic acids is 1. The standard InChI is InChI=1S/C16H24ClNO6Si/c1-22-14-11-13(18(20)21)12(10-15(14)23-7-5-6-17)16(19)24-8-9-25(2,3)4/h10-11H,5-9H2,1-4H3. The molecule has 0 aromatic heterocycles. The van der Waals surface area contributed by atoms with Crippen molar-refractivity contribution in [1.29, 1.82) is 0 Å². The van der Waals surface area contributed by atoms with Crippen molar-refractivity contribution in [3.63, 3.8) is 0 Å². The molecule has 0 fully saturated rings. The first-order chi connectivity index (χ1) is 11.7. The highest BCUT2D eigenvalue weighted by atomic mass is 35.5. The van der Waals surface area contributed by atoms with Crippen LogP contribution in [-0.2, 0) is 4.74 Å². The molecule has 0 unspecified atom stereocenters. The van der Waals surface area contributed by atoms with Gasteiger partial charge in [0, 0.05) is 20.0 Å². The molecule has 0 aliphatic rings. The van der Waals surface area contributed by atoms with E-state index in [-0.39, 0.29) is 29.4 Å². The van der Waals surface area contributed by atoms with Crippen LogP contribution in [0.2, 0.25) is 25.7 Å². The van der Waals surface area contributed by atoms with E-state index >= 15 is 0 Å². The molecule has 0 aliphatic heterocycles. The molecule has 0 saturated carbocycles. The summed E-state index contributed by atoms with van der Waals surface area (Å²) in [6, 6.07) is 3.24. The Kier molecular flexibility index (Phi) is 8.17. The van der Waals surface area contributed by atoms with Crippen molar-refractivity contribution in [2.45, 2.75) is 32.1 Å². The molecule has 1 aromatic carbocycles. The summed E-state index contributed by atoms with van der Waals surface area (Å²) in [5, 5.41) is 11.3. The van der Waals surface area contributed by atoms with Gasteiger partial charge in [0.1, 0.15) is 5.56 Å². The van der Waals surface area contributed by atoms with Gasteiger partial charge in [-0.3, -0.25) is 10.1 Å². The van der Waals surface area contributed by atoms with E-state index in [0.29, 0.717) is 18.9 Å². The van der Waals surface area contributed by atoms with E-state index in [0.717, 1.165) is 6.04 Å². The normalized spacial score (nSPS) is 11.1. The molecule has 0 aliphatic carbocycles. The Hall–Kier alpha value is -1.80. The minimum Gasteiger partial charge on any atom is -0.493 e. The topological polar surface area (TPSA) is 87.9 Å². The highest BCUT2D eigenvalue weighted by Crippen LogP contribution is 2.35. The van der Waals surface area contributed by atoms with Crippen LogP contribution in [0.25, 0.3) is 0 Å². The summed E-state index contributed by atoms with van der Waals surface area (Å²) >= 11 is 5.61. The number of rotatable bonds is 10. The lowest BCUT2D eigenvalue weighted by atomic mass is 10.1. The Morgan fingerprint density at radius 2 is 1.92 bits per heavy atom. The number of hydrogen-bond acceptors (Lipinski definition) is 6. The van der Waals surface area contributed by atoms with Crippen molar-refractivity contribution in [2.75, 3.05) is 26.2 Å². The van der Waals surface area contributed by atoms with Crippen molar-refractivity contribution in [3.8, 4) is 11.5 Å². The lowest BCUT2D eigenvalue weighted by Gasteiger charge is -2.16. The number of esters is 1. The fourth-order valence-electron chi connectivity index (χ4n) is 1.90. The average molecular weight is 390 g/mol. The van der Waals surface area contributed by atoms with Crippen LogP contribution < -0.4 is 9.47 Å². The van der Waals surface area contributed by atoms with Crippen molar-refractivity contribution in [1.82, 2.24) is 0 Å². The predicted octanol–water partition coefficient (Wildman–Crippen LogP) is 4.11. The maximum atomic E-state index is 12.3. The highest BCUT2D eigenvalue weighted by Gasteiger charge is 2.26. The van der Waals surface area contributed by atoms with Crippen LogP contribution in [0.4, 0.5) is 5.69 Å². The van der Waals surface area contributed by atoms with Crippen molar-refractivity contribution < 1.29 is 23.9 Å². The molecule has 0 saturated heterocycles. The van der Waals surface area contributed by atoms with E-state index in [1.807, 2.05) is 0 Å². The summed E-state index contributed by atoms with van der Waals surface area (Å²) in [5.41, 5.74) is -0.526. The van der Waals surface area contributed by atoms with Crippen molar-refractivity contribution in [2.24, 2.45) is 0 Å². The molecule has 7 nitrogen and oxygen atoms in total. The molecular formula is C16H24ClNO6Si. The third kappa shape index (κ3) is 6.91. The average Bonchev–Trinajstić information content (AvgIpc) is 2.53. The van der Waals surface area contributed by atoms with Crippen LogP contribution in [0, 0.1) is 10.1 Å². The van der Waals surface area contributed by atoms with Gasteiger partial charge in [0.05, 0.1) is 31.3 Å². The van der Waals surface area contributed by atoms with E-state index < -0.39 is 19.0 Å². The van der Waals surface area contributed by atoms with Crippen LogP contribution in [0.15, 0.2) is 12.1 Å². The smallest absolute Gasteiger partial charge is 0.345 e. The van der Waals surface area contributed by atoms with Gasteiger partial charge in [-0.2, -0.15) is 0 Å². The maximum Gasteiger partial charge on any atom is 0.345 e. The Labute approximate surface area is 153 Å². The maximum absolute atomic E-state index is 12.3. The third-order valence-electron chi connectivity index (χ3n) is 3.32. The molecule has 0 spiro atoms. The summed E-state index contributed by atoms with van der Waals surface area (Å²) in [7, 11) is -0.00176. The number of benzene rings is 1. The SMILES string of the molecule is COc1cc([N+](=O)[O-])c(C(=O)OCC[Si](C)(C)C)cc1OCCCCl. The van der Waals surface area contributed by atoms with E-state index in [1.165, 1.54) is 19.2 Å². The largest absolute Gasteiger partial charge is 0.493 e. The quantitative estimate of drug-likeness (QED) is 0.149. The summed E-state index contributed by atoms with van der Waals surface area (Å²) in [5.74, 6) is 0.103. The number of hydrogen-bond donors (Lipinski definition) is 0. The zero-order valence-corrected chi connectivity index (χ0v) is 16.7.